The van der Waals surface area contributed by atoms with Gasteiger partial charge >= 0.3 is 0 Å². The summed E-state index contributed by atoms with van der Waals surface area (Å²) >= 11 is 3.49. The second-order valence-electron chi connectivity index (χ2n) is 5.81. The zero-order valence-electron chi connectivity index (χ0n) is 13.8. The summed E-state index contributed by atoms with van der Waals surface area (Å²) in [6.07, 6.45) is 4.18. The third kappa shape index (κ3) is 3.59. The van der Waals surface area contributed by atoms with Gasteiger partial charge in [0, 0.05) is 23.8 Å². The molecule has 0 aliphatic heterocycles. The summed E-state index contributed by atoms with van der Waals surface area (Å²) in [4.78, 5) is 9.07. The standard InChI is InChI=1S/C18H20BrFN4/c1-3-4-8-21-18-17-16(22-12(2)23-18)7-9-24(17)11-13-10-14(20)5-6-15(13)19/h5-7,9-10H,3-4,8,11H2,1-2H3,(H,21,22,23). The first kappa shape index (κ1) is 16.9. The van der Waals surface area contributed by atoms with Crippen LogP contribution in [-0.4, -0.2) is 21.1 Å². The van der Waals surface area contributed by atoms with Crippen molar-refractivity contribution in [3.63, 3.8) is 0 Å². The molecule has 0 aliphatic carbocycles. The zero-order chi connectivity index (χ0) is 17.1. The summed E-state index contributed by atoms with van der Waals surface area (Å²) in [5.74, 6) is 1.34. The number of hydrogen-bond acceptors (Lipinski definition) is 3. The van der Waals surface area contributed by atoms with Crippen LogP contribution in [0, 0.1) is 12.7 Å². The summed E-state index contributed by atoms with van der Waals surface area (Å²) in [5, 5.41) is 3.41. The summed E-state index contributed by atoms with van der Waals surface area (Å²) in [6.45, 7) is 5.48. The first-order valence-electron chi connectivity index (χ1n) is 8.09. The molecule has 0 fully saturated rings. The second-order valence-corrected chi connectivity index (χ2v) is 6.67. The molecule has 3 rings (SSSR count). The maximum Gasteiger partial charge on any atom is 0.154 e. The fraction of sp³-hybridized carbons (Fsp3) is 0.333. The average Bonchev–Trinajstić information content (AvgIpc) is 2.94. The molecule has 0 atom stereocenters. The van der Waals surface area contributed by atoms with Gasteiger partial charge in [-0.3, -0.25) is 0 Å². The van der Waals surface area contributed by atoms with E-state index in [1.807, 2.05) is 19.2 Å². The molecule has 0 bridgehead atoms. The van der Waals surface area contributed by atoms with E-state index in [4.69, 9.17) is 0 Å². The van der Waals surface area contributed by atoms with Gasteiger partial charge in [-0.2, -0.15) is 0 Å². The molecule has 3 aromatic rings. The molecular formula is C18H20BrFN4. The SMILES string of the molecule is CCCCNc1nc(C)nc2ccn(Cc3cc(F)ccc3Br)c12. The van der Waals surface area contributed by atoms with E-state index >= 15 is 0 Å². The van der Waals surface area contributed by atoms with Crippen molar-refractivity contribution in [3.8, 4) is 0 Å². The minimum absolute atomic E-state index is 0.238. The molecule has 0 aliphatic rings. The van der Waals surface area contributed by atoms with Gasteiger partial charge < -0.3 is 9.88 Å². The van der Waals surface area contributed by atoms with Gasteiger partial charge in [-0.15, -0.1) is 0 Å². The number of benzene rings is 1. The average molecular weight is 391 g/mol. The lowest BCUT2D eigenvalue weighted by Crippen LogP contribution is -2.08. The molecule has 4 nitrogen and oxygen atoms in total. The number of rotatable bonds is 6. The Labute approximate surface area is 149 Å². The lowest BCUT2D eigenvalue weighted by molar-refractivity contribution is 0.623. The molecule has 0 saturated heterocycles. The highest BCUT2D eigenvalue weighted by Crippen LogP contribution is 2.25. The van der Waals surface area contributed by atoms with E-state index in [1.165, 1.54) is 6.07 Å². The van der Waals surface area contributed by atoms with Crippen molar-refractivity contribution >= 4 is 32.8 Å². The van der Waals surface area contributed by atoms with Crippen LogP contribution in [-0.2, 0) is 6.54 Å². The highest BCUT2D eigenvalue weighted by molar-refractivity contribution is 9.10. The number of anilines is 1. The molecule has 24 heavy (non-hydrogen) atoms. The van der Waals surface area contributed by atoms with E-state index in [0.29, 0.717) is 6.54 Å². The van der Waals surface area contributed by atoms with Gasteiger partial charge in [0.25, 0.3) is 0 Å². The molecule has 0 amide bonds. The normalized spacial score (nSPS) is 11.2. The van der Waals surface area contributed by atoms with Crippen LogP contribution < -0.4 is 5.32 Å². The maximum absolute atomic E-state index is 13.6. The van der Waals surface area contributed by atoms with E-state index in [0.717, 1.165) is 52.1 Å². The van der Waals surface area contributed by atoms with Crippen molar-refractivity contribution in [2.45, 2.75) is 33.2 Å². The highest BCUT2D eigenvalue weighted by atomic mass is 79.9. The van der Waals surface area contributed by atoms with Crippen LogP contribution in [0.1, 0.15) is 31.2 Å². The third-order valence-corrected chi connectivity index (χ3v) is 4.67. The quantitative estimate of drug-likeness (QED) is 0.608. The van der Waals surface area contributed by atoms with E-state index in [9.17, 15) is 4.39 Å². The van der Waals surface area contributed by atoms with Gasteiger partial charge in [-0.1, -0.05) is 29.3 Å². The number of unbranched alkanes of at least 4 members (excludes halogenated alkanes) is 1. The minimum atomic E-state index is -0.238. The molecule has 0 saturated carbocycles. The largest absolute Gasteiger partial charge is 0.368 e. The summed E-state index contributed by atoms with van der Waals surface area (Å²) in [6, 6.07) is 6.71. The van der Waals surface area contributed by atoms with Gasteiger partial charge in [0.2, 0.25) is 0 Å². The maximum atomic E-state index is 13.6. The third-order valence-electron chi connectivity index (χ3n) is 3.89. The Balaban J connectivity index is 2.00. The number of nitrogens with zero attached hydrogens (tertiary/aromatic N) is 3. The molecule has 2 heterocycles. The Morgan fingerprint density at radius 2 is 2.08 bits per heavy atom. The van der Waals surface area contributed by atoms with Crippen molar-refractivity contribution < 1.29 is 4.39 Å². The number of hydrogen-bond donors (Lipinski definition) is 1. The summed E-state index contributed by atoms with van der Waals surface area (Å²) in [7, 11) is 0. The topological polar surface area (TPSA) is 42.7 Å². The molecule has 126 valence electrons. The van der Waals surface area contributed by atoms with Gasteiger partial charge in [-0.25, -0.2) is 14.4 Å². The van der Waals surface area contributed by atoms with E-state index in [1.54, 1.807) is 12.1 Å². The van der Waals surface area contributed by atoms with Crippen molar-refractivity contribution in [3.05, 3.63) is 52.1 Å². The van der Waals surface area contributed by atoms with Gasteiger partial charge in [0.1, 0.15) is 17.2 Å². The molecule has 0 spiro atoms. The number of fused-ring (bicyclic) bond motifs is 1. The van der Waals surface area contributed by atoms with Gasteiger partial charge in [0.15, 0.2) is 5.82 Å². The van der Waals surface area contributed by atoms with Gasteiger partial charge in [-0.05, 0) is 43.2 Å². The predicted molar refractivity (Wildman–Crippen MR) is 98.9 cm³/mol. The highest BCUT2D eigenvalue weighted by Gasteiger charge is 2.12. The van der Waals surface area contributed by atoms with Crippen LogP contribution in [0.5, 0.6) is 0 Å². The van der Waals surface area contributed by atoms with E-state index in [2.05, 4.69) is 42.7 Å². The van der Waals surface area contributed by atoms with Crippen molar-refractivity contribution in [1.29, 1.82) is 0 Å². The molecule has 2 aromatic heterocycles. The van der Waals surface area contributed by atoms with E-state index in [-0.39, 0.29) is 5.82 Å². The smallest absolute Gasteiger partial charge is 0.154 e. The predicted octanol–water partition coefficient (Wildman–Crippen LogP) is 4.90. The monoisotopic (exact) mass is 390 g/mol. The lowest BCUT2D eigenvalue weighted by atomic mass is 10.2. The van der Waals surface area contributed by atoms with Crippen molar-refractivity contribution in [2.75, 3.05) is 11.9 Å². The number of aryl methyl sites for hydroxylation is 1. The Morgan fingerprint density at radius 1 is 1.25 bits per heavy atom. The fourth-order valence-corrected chi connectivity index (χ4v) is 3.08. The van der Waals surface area contributed by atoms with Crippen LogP contribution in [0.15, 0.2) is 34.9 Å². The molecule has 0 radical (unpaired) electrons. The van der Waals surface area contributed by atoms with Crippen LogP contribution in [0.3, 0.4) is 0 Å². The summed E-state index contributed by atoms with van der Waals surface area (Å²) < 4.78 is 16.5. The number of nitrogens with one attached hydrogen (secondary N) is 1. The number of halogens is 2. The second kappa shape index (κ2) is 7.30. The molecule has 1 aromatic carbocycles. The van der Waals surface area contributed by atoms with E-state index < -0.39 is 0 Å². The molecule has 6 heteroatoms. The fourth-order valence-electron chi connectivity index (χ4n) is 2.71. The molecular weight excluding hydrogens is 371 g/mol. The van der Waals surface area contributed by atoms with Crippen LogP contribution in [0.2, 0.25) is 0 Å². The number of aromatic nitrogens is 3. The Morgan fingerprint density at radius 3 is 2.88 bits per heavy atom. The Bertz CT molecular complexity index is 860. The Hall–Kier alpha value is -1.95. The zero-order valence-corrected chi connectivity index (χ0v) is 15.4. The van der Waals surface area contributed by atoms with Crippen LogP contribution in [0.4, 0.5) is 10.2 Å². The van der Waals surface area contributed by atoms with Crippen molar-refractivity contribution in [2.24, 2.45) is 0 Å². The summed E-state index contributed by atoms with van der Waals surface area (Å²) in [5.41, 5.74) is 2.73. The van der Waals surface area contributed by atoms with Crippen molar-refractivity contribution in [1.82, 2.24) is 14.5 Å². The lowest BCUT2D eigenvalue weighted by Gasteiger charge is -2.12. The first-order chi connectivity index (χ1) is 11.6. The van der Waals surface area contributed by atoms with Gasteiger partial charge in [0.05, 0.1) is 5.52 Å². The molecule has 1 N–H and O–H groups in total. The first-order valence-corrected chi connectivity index (χ1v) is 8.89. The minimum Gasteiger partial charge on any atom is -0.368 e. The molecule has 0 unspecified atom stereocenters. The van der Waals surface area contributed by atoms with Crippen LogP contribution >= 0.6 is 15.9 Å². The van der Waals surface area contributed by atoms with Crippen LogP contribution in [0.25, 0.3) is 11.0 Å². The Kier molecular flexibility index (Phi) is 5.14.